The topological polar surface area (TPSA) is 50.4 Å². The number of ether oxygens (including phenoxy) is 1. The van der Waals surface area contributed by atoms with E-state index in [9.17, 15) is 4.79 Å². The average Bonchev–Trinajstić information content (AvgIpc) is 2.22. The Labute approximate surface area is 99.1 Å². The third-order valence-electron chi connectivity index (χ3n) is 2.37. The summed E-state index contributed by atoms with van der Waals surface area (Å²) in [6.45, 7) is 12.7. The molecule has 0 rings (SSSR count). The number of hydrogen-bond acceptors (Lipinski definition) is 3. The maximum atomic E-state index is 11.7. The van der Waals surface area contributed by atoms with Crippen molar-refractivity contribution in [1.29, 1.82) is 0 Å². The molecule has 4 nitrogen and oxygen atoms in total. The maximum absolute atomic E-state index is 11.7. The molecule has 1 atom stereocenters. The summed E-state index contributed by atoms with van der Waals surface area (Å²) < 4.78 is 5.51. The average molecular weight is 230 g/mol. The fraction of sp³-hybridized carbons (Fsp3) is 0.917. The van der Waals surface area contributed by atoms with Crippen LogP contribution in [0.3, 0.4) is 0 Å². The van der Waals surface area contributed by atoms with Gasteiger partial charge in [0.25, 0.3) is 0 Å². The van der Waals surface area contributed by atoms with Crippen LogP contribution in [0.1, 0.15) is 34.6 Å². The van der Waals surface area contributed by atoms with Crippen LogP contribution in [-0.4, -0.2) is 37.7 Å². The van der Waals surface area contributed by atoms with Crippen LogP contribution in [0.5, 0.6) is 0 Å². The highest BCUT2D eigenvalue weighted by Gasteiger charge is 2.20. The number of nitrogens with one attached hydrogen (secondary N) is 2. The van der Waals surface area contributed by atoms with Gasteiger partial charge in [-0.25, -0.2) is 0 Å². The summed E-state index contributed by atoms with van der Waals surface area (Å²) in [5.74, 6) is 0.0751. The number of rotatable bonds is 8. The molecule has 0 saturated carbocycles. The molecule has 16 heavy (non-hydrogen) atoms. The van der Waals surface area contributed by atoms with Crippen molar-refractivity contribution < 1.29 is 9.53 Å². The zero-order valence-electron chi connectivity index (χ0n) is 11.2. The van der Waals surface area contributed by atoms with E-state index < -0.39 is 0 Å². The predicted octanol–water partition coefficient (Wildman–Crippen LogP) is 1.16. The van der Waals surface area contributed by atoms with Crippen LogP contribution in [0.4, 0.5) is 0 Å². The van der Waals surface area contributed by atoms with E-state index in [1.54, 1.807) is 0 Å². The van der Waals surface area contributed by atoms with Gasteiger partial charge in [0.15, 0.2) is 0 Å². The first-order chi connectivity index (χ1) is 7.43. The van der Waals surface area contributed by atoms with Gasteiger partial charge in [-0.05, 0) is 27.3 Å². The zero-order chi connectivity index (χ0) is 12.6. The smallest absolute Gasteiger partial charge is 0.224 e. The maximum Gasteiger partial charge on any atom is 0.224 e. The van der Waals surface area contributed by atoms with Crippen LogP contribution in [0.15, 0.2) is 0 Å². The second-order valence-electron chi connectivity index (χ2n) is 4.62. The molecule has 0 saturated heterocycles. The van der Waals surface area contributed by atoms with Gasteiger partial charge in [0.2, 0.25) is 5.91 Å². The van der Waals surface area contributed by atoms with Gasteiger partial charge in [-0.2, -0.15) is 0 Å². The lowest BCUT2D eigenvalue weighted by atomic mass is 10.1. The molecule has 2 N–H and O–H groups in total. The Balaban J connectivity index is 3.87. The van der Waals surface area contributed by atoms with Crippen molar-refractivity contribution in [3.8, 4) is 0 Å². The minimum atomic E-state index is -0.289. The van der Waals surface area contributed by atoms with E-state index in [1.807, 2.05) is 34.6 Å². The molecule has 0 aromatic rings. The monoisotopic (exact) mass is 230 g/mol. The van der Waals surface area contributed by atoms with Gasteiger partial charge in [-0.3, -0.25) is 4.79 Å². The summed E-state index contributed by atoms with van der Waals surface area (Å²) in [5, 5.41) is 6.07. The van der Waals surface area contributed by atoms with Crippen molar-refractivity contribution in [2.45, 2.75) is 40.2 Å². The highest BCUT2D eigenvalue weighted by atomic mass is 16.5. The SMILES string of the molecule is CCNCC(C)C(=O)NCC(C)(C)OCC. The van der Waals surface area contributed by atoms with Crippen LogP contribution in [-0.2, 0) is 9.53 Å². The van der Waals surface area contributed by atoms with Crippen molar-refractivity contribution in [2.24, 2.45) is 5.92 Å². The van der Waals surface area contributed by atoms with E-state index in [0.29, 0.717) is 13.2 Å². The van der Waals surface area contributed by atoms with E-state index in [2.05, 4.69) is 10.6 Å². The number of carbonyl (C=O) groups excluding carboxylic acids is 1. The first-order valence-corrected chi connectivity index (χ1v) is 6.05. The van der Waals surface area contributed by atoms with E-state index in [-0.39, 0.29) is 17.4 Å². The second kappa shape index (κ2) is 7.63. The Hall–Kier alpha value is -0.610. The summed E-state index contributed by atoms with van der Waals surface area (Å²) in [5.41, 5.74) is -0.289. The number of amides is 1. The molecule has 4 heteroatoms. The molecule has 96 valence electrons. The summed E-state index contributed by atoms with van der Waals surface area (Å²) in [4.78, 5) is 11.7. The Bertz CT molecular complexity index is 205. The lowest BCUT2D eigenvalue weighted by Crippen LogP contribution is -2.43. The van der Waals surface area contributed by atoms with Gasteiger partial charge >= 0.3 is 0 Å². The summed E-state index contributed by atoms with van der Waals surface area (Å²) in [6.07, 6.45) is 0. The minimum Gasteiger partial charge on any atom is -0.374 e. The fourth-order valence-corrected chi connectivity index (χ4v) is 1.37. The van der Waals surface area contributed by atoms with Gasteiger partial charge in [0, 0.05) is 25.6 Å². The molecule has 0 bridgehead atoms. The fourth-order valence-electron chi connectivity index (χ4n) is 1.37. The first-order valence-electron chi connectivity index (χ1n) is 6.05. The van der Waals surface area contributed by atoms with Crippen LogP contribution < -0.4 is 10.6 Å². The summed E-state index contributed by atoms with van der Waals surface area (Å²) in [7, 11) is 0. The highest BCUT2D eigenvalue weighted by molar-refractivity contribution is 5.78. The molecule has 0 aliphatic carbocycles. The van der Waals surface area contributed by atoms with E-state index >= 15 is 0 Å². The molecule has 0 spiro atoms. The standard InChI is InChI=1S/C12H26N2O2/c1-6-13-8-10(3)11(15)14-9-12(4,5)16-7-2/h10,13H,6-9H2,1-5H3,(H,14,15). The molecule has 0 radical (unpaired) electrons. The van der Waals surface area contributed by atoms with Crippen LogP contribution >= 0.6 is 0 Å². The Morgan fingerprint density at radius 1 is 1.38 bits per heavy atom. The van der Waals surface area contributed by atoms with Gasteiger partial charge in [-0.1, -0.05) is 13.8 Å². The Kier molecular flexibility index (Phi) is 7.34. The number of carbonyl (C=O) groups is 1. The largest absolute Gasteiger partial charge is 0.374 e. The van der Waals surface area contributed by atoms with Crippen molar-refractivity contribution in [3.05, 3.63) is 0 Å². The molecule has 0 aromatic heterocycles. The lowest BCUT2D eigenvalue weighted by Gasteiger charge is -2.25. The van der Waals surface area contributed by atoms with E-state index in [1.165, 1.54) is 0 Å². The zero-order valence-corrected chi connectivity index (χ0v) is 11.2. The Morgan fingerprint density at radius 3 is 2.50 bits per heavy atom. The molecule has 0 heterocycles. The van der Waals surface area contributed by atoms with Gasteiger partial charge in [0.1, 0.15) is 0 Å². The third-order valence-corrected chi connectivity index (χ3v) is 2.37. The second-order valence-corrected chi connectivity index (χ2v) is 4.62. The molecule has 0 aliphatic rings. The first kappa shape index (κ1) is 15.4. The molecular formula is C12H26N2O2. The van der Waals surface area contributed by atoms with Gasteiger partial charge in [-0.15, -0.1) is 0 Å². The van der Waals surface area contributed by atoms with Crippen molar-refractivity contribution in [3.63, 3.8) is 0 Å². The lowest BCUT2D eigenvalue weighted by molar-refractivity contribution is -0.126. The molecule has 0 aliphatic heterocycles. The van der Waals surface area contributed by atoms with E-state index in [0.717, 1.165) is 13.1 Å². The quantitative estimate of drug-likeness (QED) is 0.658. The number of hydrogen-bond donors (Lipinski definition) is 2. The highest BCUT2D eigenvalue weighted by Crippen LogP contribution is 2.07. The van der Waals surface area contributed by atoms with E-state index in [4.69, 9.17) is 4.74 Å². The molecule has 0 aromatic carbocycles. The summed E-state index contributed by atoms with van der Waals surface area (Å²) in [6, 6.07) is 0. The van der Waals surface area contributed by atoms with Crippen LogP contribution in [0, 0.1) is 5.92 Å². The molecule has 1 amide bonds. The summed E-state index contributed by atoms with van der Waals surface area (Å²) >= 11 is 0. The van der Waals surface area contributed by atoms with Crippen LogP contribution in [0.25, 0.3) is 0 Å². The van der Waals surface area contributed by atoms with Gasteiger partial charge in [0.05, 0.1) is 5.60 Å². The normalized spacial score (nSPS) is 13.6. The third kappa shape index (κ3) is 6.80. The molecular weight excluding hydrogens is 204 g/mol. The van der Waals surface area contributed by atoms with Crippen molar-refractivity contribution in [1.82, 2.24) is 10.6 Å². The van der Waals surface area contributed by atoms with Crippen LogP contribution in [0.2, 0.25) is 0 Å². The molecule has 1 unspecified atom stereocenters. The molecule has 0 fully saturated rings. The minimum absolute atomic E-state index is 0.00243. The van der Waals surface area contributed by atoms with Crippen molar-refractivity contribution in [2.75, 3.05) is 26.2 Å². The van der Waals surface area contributed by atoms with Gasteiger partial charge < -0.3 is 15.4 Å². The van der Waals surface area contributed by atoms with Crippen molar-refractivity contribution >= 4 is 5.91 Å². The Morgan fingerprint density at radius 2 is 2.00 bits per heavy atom. The predicted molar refractivity (Wildman–Crippen MR) is 66.4 cm³/mol.